The van der Waals surface area contributed by atoms with Crippen LogP contribution in [0.15, 0.2) is 0 Å². The van der Waals surface area contributed by atoms with Gasteiger partial charge in [0.2, 0.25) is 0 Å². The Balaban J connectivity index is 2.28. The normalized spacial score (nSPS) is 22.9. The monoisotopic (exact) mass is 202 g/mol. The number of rotatable bonds is 2. The Morgan fingerprint density at radius 2 is 2.46 bits per heavy atom. The lowest BCUT2D eigenvalue weighted by atomic mass is 10.3. The summed E-state index contributed by atoms with van der Waals surface area (Å²) in [6, 6.07) is 0. The first-order valence-electron chi connectivity index (χ1n) is 4.88. The molecule has 0 amide bonds. The predicted octanol–water partition coefficient (Wildman–Crippen LogP) is 0.992. The van der Waals surface area contributed by atoms with E-state index in [0.29, 0.717) is 6.10 Å². The predicted molar refractivity (Wildman–Crippen MR) is 57.9 cm³/mol. The van der Waals surface area contributed by atoms with Crippen LogP contribution >= 0.6 is 12.2 Å². The van der Waals surface area contributed by atoms with E-state index in [1.165, 1.54) is 0 Å². The quantitative estimate of drug-likeness (QED) is 0.675. The minimum Gasteiger partial charge on any atom is -0.375 e. The third kappa shape index (κ3) is 3.48. The van der Waals surface area contributed by atoms with Gasteiger partial charge in [-0.2, -0.15) is 0 Å². The van der Waals surface area contributed by atoms with Crippen molar-refractivity contribution in [3.05, 3.63) is 0 Å². The Labute approximate surface area is 85.4 Å². The molecule has 0 aromatic heterocycles. The Morgan fingerprint density at radius 1 is 1.69 bits per heavy atom. The maximum Gasteiger partial charge on any atom is 0.169 e. The smallest absolute Gasteiger partial charge is 0.169 e. The highest BCUT2D eigenvalue weighted by Crippen LogP contribution is 2.04. The molecule has 76 valence electrons. The SMILES string of the molecule is CCCNC(=S)N1CCOC(C)C1. The molecule has 4 heteroatoms. The van der Waals surface area contributed by atoms with Gasteiger partial charge in [0.15, 0.2) is 5.11 Å². The molecule has 1 aliphatic rings. The molecule has 1 saturated heterocycles. The van der Waals surface area contributed by atoms with Crippen LogP contribution in [0.1, 0.15) is 20.3 Å². The van der Waals surface area contributed by atoms with Gasteiger partial charge in [0.05, 0.1) is 12.7 Å². The summed E-state index contributed by atoms with van der Waals surface area (Å²) in [5, 5.41) is 4.10. The second kappa shape index (κ2) is 5.40. The summed E-state index contributed by atoms with van der Waals surface area (Å²) in [7, 11) is 0. The number of nitrogens with one attached hydrogen (secondary N) is 1. The van der Waals surface area contributed by atoms with Crippen LogP contribution in [0.5, 0.6) is 0 Å². The zero-order chi connectivity index (χ0) is 9.68. The number of morpholine rings is 1. The van der Waals surface area contributed by atoms with Crippen LogP contribution < -0.4 is 5.32 Å². The van der Waals surface area contributed by atoms with Gasteiger partial charge in [0.25, 0.3) is 0 Å². The maximum absolute atomic E-state index is 5.43. The molecule has 0 aromatic carbocycles. The number of thiocarbonyl (C=S) groups is 1. The van der Waals surface area contributed by atoms with Crippen LogP contribution in [0.25, 0.3) is 0 Å². The van der Waals surface area contributed by atoms with Crippen molar-refractivity contribution < 1.29 is 4.74 Å². The molecular weight excluding hydrogens is 184 g/mol. The maximum atomic E-state index is 5.43. The van der Waals surface area contributed by atoms with E-state index in [0.717, 1.165) is 37.8 Å². The van der Waals surface area contributed by atoms with Gasteiger partial charge >= 0.3 is 0 Å². The van der Waals surface area contributed by atoms with E-state index in [4.69, 9.17) is 17.0 Å². The summed E-state index contributed by atoms with van der Waals surface area (Å²) in [5.74, 6) is 0. The lowest BCUT2D eigenvalue weighted by Gasteiger charge is -2.33. The van der Waals surface area contributed by atoms with E-state index in [2.05, 4.69) is 24.1 Å². The van der Waals surface area contributed by atoms with E-state index < -0.39 is 0 Å². The number of nitrogens with zero attached hydrogens (tertiary/aromatic N) is 1. The number of ether oxygens (including phenoxy) is 1. The largest absolute Gasteiger partial charge is 0.375 e. The first kappa shape index (κ1) is 10.7. The molecule has 1 unspecified atom stereocenters. The van der Waals surface area contributed by atoms with Gasteiger partial charge in [-0.05, 0) is 25.6 Å². The van der Waals surface area contributed by atoms with Crippen LogP contribution in [-0.2, 0) is 4.74 Å². The standard InChI is InChI=1S/C9H18N2OS/c1-3-4-10-9(13)11-5-6-12-8(2)7-11/h8H,3-7H2,1-2H3,(H,10,13). The summed E-state index contributed by atoms with van der Waals surface area (Å²) in [5.41, 5.74) is 0. The summed E-state index contributed by atoms with van der Waals surface area (Å²) < 4.78 is 5.43. The van der Waals surface area contributed by atoms with Crippen molar-refractivity contribution in [1.29, 1.82) is 0 Å². The van der Waals surface area contributed by atoms with Gasteiger partial charge in [0, 0.05) is 19.6 Å². The van der Waals surface area contributed by atoms with E-state index >= 15 is 0 Å². The zero-order valence-corrected chi connectivity index (χ0v) is 9.19. The molecule has 1 fully saturated rings. The van der Waals surface area contributed by atoms with Gasteiger partial charge in [-0.25, -0.2) is 0 Å². The van der Waals surface area contributed by atoms with Crippen molar-refractivity contribution in [2.24, 2.45) is 0 Å². The minimum absolute atomic E-state index is 0.301. The van der Waals surface area contributed by atoms with Crippen LogP contribution in [-0.4, -0.2) is 42.4 Å². The van der Waals surface area contributed by atoms with Gasteiger partial charge in [-0.1, -0.05) is 6.92 Å². The molecule has 3 nitrogen and oxygen atoms in total. The average Bonchev–Trinajstić information content (AvgIpc) is 2.14. The van der Waals surface area contributed by atoms with E-state index in [1.807, 2.05) is 0 Å². The number of hydrogen-bond acceptors (Lipinski definition) is 2. The Morgan fingerprint density at radius 3 is 3.08 bits per heavy atom. The lowest BCUT2D eigenvalue weighted by Crippen LogP contribution is -2.48. The van der Waals surface area contributed by atoms with Gasteiger partial charge in [0.1, 0.15) is 0 Å². The molecule has 13 heavy (non-hydrogen) atoms. The van der Waals surface area contributed by atoms with Crippen molar-refractivity contribution in [2.75, 3.05) is 26.2 Å². The van der Waals surface area contributed by atoms with Crippen molar-refractivity contribution in [1.82, 2.24) is 10.2 Å². The Kier molecular flexibility index (Phi) is 4.45. The highest BCUT2D eigenvalue weighted by atomic mass is 32.1. The van der Waals surface area contributed by atoms with Crippen LogP contribution in [0.2, 0.25) is 0 Å². The van der Waals surface area contributed by atoms with E-state index in [-0.39, 0.29) is 0 Å². The fraction of sp³-hybridized carbons (Fsp3) is 0.889. The topological polar surface area (TPSA) is 24.5 Å². The third-order valence-corrected chi connectivity index (χ3v) is 2.46. The van der Waals surface area contributed by atoms with E-state index in [9.17, 15) is 0 Å². The fourth-order valence-electron chi connectivity index (χ4n) is 1.35. The van der Waals surface area contributed by atoms with Crippen LogP contribution in [0.3, 0.4) is 0 Å². The molecular formula is C9H18N2OS. The van der Waals surface area contributed by atoms with Crippen molar-refractivity contribution in [3.63, 3.8) is 0 Å². The van der Waals surface area contributed by atoms with Crippen LogP contribution in [0, 0.1) is 0 Å². The summed E-state index contributed by atoms with van der Waals surface area (Å²) in [4.78, 5) is 2.18. The first-order valence-corrected chi connectivity index (χ1v) is 5.29. The first-order chi connectivity index (χ1) is 6.24. The van der Waals surface area contributed by atoms with Crippen molar-refractivity contribution in [3.8, 4) is 0 Å². The molecule has 0 saturated carbocycles. The molecule has 1 aliphatic heterocycles. The highest BCUT2D eigenvalue weighted by Gasteiger charge is 2.17. The van der Waals surface area contributed by atoms with E-state index in [1.54, 1.807) is 0 Å². The zero-order valence-electron chi connectivity index (χ0n) is 8.38. The molecule has 1 rings (SSSR count). The number of hydrogen-bond donors (Lipinski definition) is 1. The summed E-state index contributed by atoms with van der Waals surface area (Å²) >= 11 is 5.25. The molecule has 1 N–H and O–H groups in total. The second-order valence-corrected chi connectivity index (χ2v) is 3.75. The molecule has 0 spiro atoms. The molecule has 0 bridgehead atoms. The average molecular weight is 202 g/mol. The second-order valence-electron chi connectivity index (χ2n) is 3.36. The summed E-state index contributed by atoms with van der Waals surface area (Å²) in [6.07, 6.45) is 1.41. The third-order valence-electron chi connectivity index (χ3n) is 2.05. The Hall–Kier alpha value is -0.350. The van der Waals surface area contributed by atoms with Crippen molar-refractivity contribution in [2.45, 2.75) is 26.4 Å². The molecule has 0 radical (unpaired) electrons. The van der Waals surface area contributed by atoms with Crippen molar-refractivity contribution >= 4 is 17.3 Å². The molecule has 1 atom stereocenters. The fourth-order valence-corrected chi connectivity index (χ4v) is 1.61. The van der Waals surface area contributed by atoms with Gasteiger partial charge in [-0.15, -0.1) is 0 Å². The Bertz CT molecular complexity index is 175. The molecule has 1 heterocycles. The minimum atomic E-state index is 0.301. The highest BCUT2D eigenvalue weighted by molar-refractivity contribution is 7.80. The van der Waals surface area contributed by atoms with Crippen LogP contribution in [0.4, 0.5) is 0 Å². The van der Waals surface area contributed by atoms with Gasteiger partial charge < -0.3 is 15.0 Å². The lowest BCUT2D eigenvalue weighted by molar-refractivity contribution is 0.00556. The van der Waals surface area contributed by atoms with Gasteiger partial charge in [-0.3, -0.25) is 0 Å². The molecule has 0 aromatic rings. The molecule has 0 aliphatic carbocycles. The summed E-state index contributed by atoms with van der Waals surface area (Å²) in [6.45, 7) is 7.79.